The predicted molar refractivity (Wildman–Crippen MR) is 65.5 cm³/mol. The molecule has 0 atom stereocenters. The summed E-state index contributed by atoms with van der Waals surface area (Å²) in [4.78, 5) is 15.5. The zero-order valence-electron chi connectivity index (χ0n) is 10.6. The van der Waals surface area contributed by atoms with Crippen molar-refractivity contribution < 1.29 is 13.9 Å². The van der Waals surface area contributed by atoms with Gasteiger partial charge in [0.2, 0.25) is 0 Å². The summed E-state index contributed by atoms with van der Waals surface area (Å²) in [6.07, 6.45) is 1.50. The number of nitrogens with zero attached hydrogens (tertiary/aromatic N) is 5. The summed E-state index contributed by atoms with van der Waals surface area (Å²) in [7, 11) is 0. The third kappa shape index (κ3) is 3.31. The minimum Gasteiger partial charge on any atom is -0.459 e. The molecule has 19 heavy (non-hydrogen) atoms. The molecule has 0 fully saturated rings. The Labute approximate surface area is 113 Å². The highest BCUT2D eigenvalue weighted by Gasteiger charge is 2.16. The summed E-state index contributed by atoms with van der Waals surface area (Å²) in [5.74, 6) is 0.599. The van der Waals surface area contributed by atoms with E-state index in [1.807, 2.05) is 6.92 Å². The van der Waals surface area contributed by atoms with Crippen LogP contribution in [-0.4, -0.2) is 37.5 Å². The first-order valence-corrected chi connectivity index (χ1v) is 6.73. The normalized spacial score (nSPS) is 10.6. The predicted octanol–water partition coefficient (Wildman–Crippen LogP) is 1.15. The molecule has 0 N–H and O–H groups in total. The molecule has 2 rings (SSSR count). The molecule has 8 nitrogen and oxygen atoms in total. The van der Waals surface area contributed by atoms with Crippen molar-refractivity contribution in [2.45, 2.75) is 31.4 Å². The van der Waals surface area contributed by atoms with Crippen molar-refractivity contribution >= 4 is 17.7 Å². The van der Waals surface area contributed by atoms with Gasteiger partial charge in [-0.2, -0.15) is 5.10 Å². The zero-order valence-corrected chi connectivity index (χ0v) is 11.4. The van der Waals surface area contributed by atoms with E-state index in [9.17, 15) is 4.79 Å². The molecule has 0 aromatic carbocycles. The van der Waals surface area contributed by atoms with Crippen LogP contribution >= 0.6 is 11.8 Å². The van der Waals surface area contributed by atoms with Gasteiger partial charge in [-0.3, -0.25) is 0 Å². The summed E-state index contributed by atoms with van der Waals surface area (Å²) in [6, 6.07) is 0. The molecule has 9 heteroatoms. The largest absolute Gasteiger partial charge is 0.459 e. The third-order valence-electron chi connectivity index (χ3n) is 2.18. The molecule has 0 amide bonds. The van der Waals surface area contributed by atoms with Crippen molar-refractivity contribution in [3.8, 4) is 0 Å². The van der Waals surface area contributed by atoms with Gasteiger partial charge >= 0.3 is 11.9 Å². The van der Waals surface area contributed by atoms with Crippen LogP contribution in [0, 0.1) is 0 Å². The Kier molecular flexibility index (Phi) is 4.50. The van der Waals surface area contributed by atoms with Gasteiger partial charge in [0, 0.05) is 6.54 Å². The van der Waals surface area contributed by atoms with Crippen LogP contribution in [0.2, 0.25) is 0 Å². The molecule has 0 unspecified atom stereocenters. The van der Waals surface area contributed by atoms with Crippen LogP contribution in [0.1, 0.15) is 30.4 Å². The number of carbonyl (C=O) groups excluding carboxylic acids is 1. The lowest BCUT2D eigenvalue weighted by atomic mass is 10.6. The summed E-state index contributed by atoms with van der Waals surface area (Å²) in [5.41, 5.74) is 0. The molecule has 0 spiro atoms. The quantitative estimate of drug-likeness (QED) is 0.575. The molecule has 2 aromatic heterocycles. The second-order valence-corrected chi connectivity index (χ2v) is 4.30. The van der Waals surface area contributed by atoms with E-state index in [1.165, 1.54) is 18.1 Å². The molecule has 2 aromatic rings. The van der Waals surface area contributed by atoms with E-state index in [2.05, 4.69) is 20.3 Å². The number of aromatic nitrogens is 5. The molecule has 0 aliphatic rings. The molecule has 0 saturated heterocycles. The average molecular weight is 283 g/mol. The maximum absolute atomic E-state index is 11.3. The van der Waals surface area contributed by atoms with Crippen LogP contribution in [0.3, 0.4) is 0 Å². The number of thioether (sulfide) groups is 1. The number of ether oxygens (including phenoxy) is 1. The van der Waals surface area contributed by atoms with Crippen LogP contribution in [0.5, 0.6) is 0 Å². The van der Waals surface area contributed by atoms with Crippen LogP contribution in [0.25, 0.3) is 0 Å². The van der Waals surface area contributed by atoms with E-state index in [-0.39, 0.29) is 12.5 Å². The molecule has 2 heterocycles. The highest BCUT2D eigenvalue weighted by atomic mass is 32.2. The first-order valence-electron chi connectivity index (χ1n) is 5.74. The Morgan fingerprint density at radius 1 is 1.47 bits per heavy atom. The second-order valence-electron chi connectivity index (χ2n) is 3.37. The van der Waals surface area contributed by atoms with Gasteiger partial charge in [0.1, 0.15) is 12.2 Å². The Hall–Kier alpha value is -1.90. The number of rotatable bonds is 6. The maximum atomic E-state index is 11.3. The Morgan fingerprint density at radius 3 is 3.05 bits per heavy atom. The molecule has 0 radical (unpaired) electrons. The smallest absolute Gasteiger partial charge is 0.396 e. The molecule has 0 bridgehead atoms. The number of carbonyl (C=O) groups is 1. The van der Waals surface area contributed by atoms with Gasteiger partial charge in [0.05, 0.1) is 12.4 Å². The van der Waals surface area contributed by atoms with E-state index in [0.717, 1.165) is 12.4 Å². The average Bonchev–Trinajstić information content (AvgIpc) is 3.05. The van der Waals surface area contributed by atoms with Crippen LogP contribution < -0.4 is 0 Å². The molecule has 102 valence electrons. The van der Waals surface area contributed by atoms with Crippen molar-refractivity contribution in [2.75, 3.05) is 6.61 Å². The van der Waals surface area contributed by atoms with Crippen molar-refractivity contribution in [3.05, 3.63) is 18.0 Å². The van der Waals surface area contributed by atoms with Crippen LogP contribution in [-0.2, 0) is 17.0 Å². The summed E-state index contributed by atoms with van der Waals surface area (Å²) in [6.45, 7) is 4.70. The van der Waals surface area contributed by atoms with Gasteiger partial charge in [-0.1, -0.05) is 16.9 Å². The summed E-state index contributed by atoms with van der Waals surface area (Å²) >= 11 is 1.29. The van der Waals surface area contributed by atoms with Crippen LogP contribution in [0.15, 0.2) is 16.0 Å². The third-order valence-corrected chi connectivity index (χ3v) is 2.99. The van der Waals surface area contributed by atoms with E-state index < -0.39 is 5.97 Å². The topological polar surface area (TPSA) is 95.9 Å². The van der Waals surface area contributed by atoms with Gasteiger partial charge in [-0.05, 0) is 13.8 Å². The first kappa shape index (κ1) is 13.5. The SMILES string of the molecule is CCOC(=O)c1nnc(SCc2ncnn2CC)o1. The van der Waals surface area contributed by atoms with Gasteiger partial charge in [-0.25, -0.2) is 14.5 Å². The van der Waals surface area contributed by atoms with Crippen molar-refractivity contribution in [2.24, 2.45) is 0 Å². The number of hydrogen-bond donors (Lipinski definition) is 0. The summed E-state index contributed by atoms with van der Waals surface area (Å²) < 4.78 is 11.7. The number of hydrogen-bond acceptors (Lipinski definition) is 8. The minimum atomic E-state index is -0.612. The molecule has 0 aliphatic heterocycles. The monoisotopic (exact) mass is 283 g/mol. The van der Waals surface area contributed by atoms with Crippen molar-refractivity contribution in [1.82, 2.24) is 25.0 Å². The van der Waals surface area contributed by atoms with E-state index >= 15 is 0 Å². The van der Waals surface area contributed by atoms with E-state index in [0.29, 0.717) is 11.0 Å². The summed E-state index contributed by atoms with van der Waals surface area (Å²) in [5, 5.41) is 11.7. The van der Waals surface area contributed by atoms with Gasteiger partial charge in [0.25, 0.3) is 5.22 Å². The lowest BCUT2D eigenvalue weighted by molar-refractivity contribution is 0.0475. The fourth-order valence-electron chi connectivity index (χ4n) is 1.33. The first-order chi connectivity index (χ1) is 9.24. The number of esters is 1. The standard InChI is InChI=1S/C10H13N5O3S/c1-3-15-7(11-6-12-15)5-19-10-14-13-8(18-10)9(16)17-4-2/h6H,3-5H2,1-2H3. The van der Waals surface area contributed by atoms with Gasteiger partial charge in [-0.15, -0.1) is 5.10 Å². The van der Waals surface area contributed by atoms with Gasteiger partial charge in [0.15, 0.2) is 0 Å². The zero-order chi connectivity index (χ0) is 13.7. The number of aryl methyl sites for hydroxylation is 1. The van der Waals surface area contributed by atoms with Crippen molar-refractivity contribution in [1.29, 1.82) is 0 Å². The fourth-order valence-corrected chi connectivity index (χ4v) is 2.05. The van der Waals surface area contributed by atoms with Gasteiger partial charge < -0.3 is 9.15 Å². The second kappa shape index (κ2) is 6.32. The fraction of sp³-hybridized carbons (Fsp3) is 0.500. The molecule has 0 aliphatic carbocycles. The highest BCUT2D eigenvalue weighted by molar-refractivity contribution is 7.98. The Morgan fingerprint density at radius 2 is 2.32 bits per heavy atom. The Bertz CT molecular complexity index is 553. The lowest BCUT2D eigenvalue weighted by Gasteiger charge is -1.99. The van der Waals surface area contributed by atoms with Crippen LogP contribution in [0.4, 0.5) is 0 Å². The lowest BCUT2D eigenvalue weighted by Crippen LogP contribution is -2.04. The Balaban J connectivity index is 1.95. The molecular formula is C10H13N5O3S. The van der Waals surface area contributed by atoms with Crippen molar-refractivity contribution in [3.63, 3.8) is 0 Å². The highest BCUT2D eigenvalue weighted by Crippen LogP contribution is 2.20. The molecular weight excluding hydrogens is 270 g/mol. The molecule has 0 saturated carbocycles. The van der Waals surface area contributed by atoms with E-state index in [1.54, 1.807) is 11.6 Å². The maximum Gasteiger partial charge on any atom is 0.396 e. The minimum absolute atomic E-state index is 0.138. The van der Waals surface area contributed by atoms with E-state index in [4.69, 9.17) is 9.15 Å².